The van der Waals surface area contributed by atoms with Crippen LogP contribution >= 0.6 is 31.0 Å². The fraction of sp³-hybridized carbons (Fsp3) is 1.00. The van der Waals surface area contributed by atoms with Crippen LogP contribution in [0.5, 0.6) is 0 Å². The molecule has 0 aliphatic carbocycles. The molecule has 0 saturated carbocycles. The van der Waals surface area contributed by atoms with Crippen LogP contribution in [0, 0.1) is 0 Å². The number of alkyl halides is 2. The zero-order valence-corrected chi connectivity index (χ0v) is 11.1. The Bertz CT molecular complexity index is 211. The van der Waals surface area contributed by atoms with E-state index < -0.39 is 20.0 Å². The highest BCUT2D eigenvalue weighted by Crippen LogP contribution is 2.48. The first-order chi connectivity index (χ1) is 7.47. The third-order valence-corrected chi connectivity index (χ3v) is 3.52. The van der Waals surface area contributed by atoms with Gasteiger partial charge in [-0.3, -0.25) is 13.6 Å². The monoisotopic (exact) mass is 296 g/mol. The molecule has 0 spiro atoms. The lowest BCUT2D eigenvalue weighted by atomic mass is 10.4. The maximum atomic E-state index is 11.6. The molecule has 9 heteroatoms. The van der Waals surface area contributed by atoms with E-state index >= 15 is 0 Å². The van der Waals surface area contributed by atoms with E-state index in [1.54, 1.807) is 0 Å². The highest BCUT2D eigenvalue weighted by molar-refractivity contribution is 7.48. The largest absolute Gasteiger partial charge is 0.474 e. The summed E-state index contributed by atoms with van der Waals surface area (Å²) in [5.74, 6) is -0.123. The molecule has 2 N–H and O–H groups in total. The first-order valence-electron chi connectivity index (χ1n) is 4.40. The summed E-state index contributed by atoms with van der Waals surface area (Å²) in [5, 5.41) is 18.2. The van der Waals surface area contributed by atoms with Crippen LogP contribution in [-0.4, -0.2) is 54.5 Å². The maximum Gasteiger partial charge on any atom is 0.474 e. The Morgan fingerprint density at radius 1 is 1.12 bits per heavy atom. The second-order valence-corrected chi connectivity index (χ2v) is 5.23. The van der Waals surface area contributed by atoms with E-state index in [2.05, 4.69) is 4.52 Å². The zero-order chi connectivity index (χ0) is 12.6. The van der Waals surface area contributed by atoms with Gasteiger partial charge in [0.15, 0.2) is 0 Å². The molecule has 0 heterocycles. The molecule has 0 rings (SSSR count). The van der Waals surface area contributed by atoms with Crippen molar-refractivity contribution in [3.63, 3.8) is 0 Å². The third-order valence-electron chi connectivity index (χ3n) is 1.43. The lowest BCUT2D eigenvalue weighted by Gasteiger charge is -2.18. The van der Waals surface area contributed by atoms with Gasteiger partial charge in [0.05, 0.1) is 37.2 Å². The molecule has 0 aromatic heterocycles. The summed E-state index contributed by atoms with van der Waals surface area (Å²) in [6.07, 6.45) is -1.93. The van der Waals surface area contributed by atoms with Crippen molar-refractivity contribution in [1.82, 2.24) is 0 Å². The van der Waals surface area contributed by atoms with Crippen molar-refractivity contribution in [2.75, 3.05) is 32.1 Å². The van der Waals surface area contributed by atoms with E-state index in [1.165, 1.54) is 0 Å². The van der Waals surface area contributed by atoms with Gasteiger partial charge in [-0.05, 0) is 0 Å². The van der Waals surface area contributed by atoms with Gasteiger partial charge in [0.1, 0.15) is 0 Å². The lowest BCUT2D eigenvalue weighted by Crippen LogP contribution is -2.19. The fourth-order valence-electron chi connectivity index (χ4n) is 0.586. The van der Waals surface area contributed by atoms with Gasteiger partial charge in [-0.1, -0.05) is 0 Å². The fourth-order valence-corrected chi connectivity index (χ4v) is 1.76. The minimum atomic E-state index is -3.77. The Balaban J connectivity index is 4.05. The maximum absolute atomic E-state index is 11.6. The molecule has 2 atom stereocenters. The molecule has 0 aliphatic rings. The van der Waals surface area contributed by atoms with Crippen molar-refractivity contribution in [3.8, 4) is 0 Å². The standard InChI is InChI=1S/C7H15Cl2O6P/c1-13-16(12,14-4-6(10)2-8)15-5-7(11)3-9/h6-7,10-11H,2-5H2,1H3. The number of hydrogen-bond donors (Lipinski definition) is 2. The second-order valence-electron chi connectivity index (χ2n) is 2.84. The Labute approximate surface area is 104 Å². The molecule has 0 amide bonds. The third kappa shape index (κ3) is 7.04. The molecule has 2 unspecified atom stereocenters. The summed E-state index contributed by atoms with van der Waals surface area (Å²) >= 11 is 10.6. The molecule has 0 fully saturated rings. The second kappa shape index (κ2) is 8.66. The van der Waals surface area contributed by atoms with Crippen molar-refractivity contribution in [1.29, 1.82) is 0 Å². The highest BCUT2D eigenvalue weighted by atomic mass is 35.5. The minimum Gasteiger partial charge on any atom is -0.389 e. The highest BCUT2D eigenvalue weighted by Gasteiger charge is 2.27. The van der Waals surface area contributed by atoms with Crippen LogP contribution in [0.1, 0.15) is 0 Å². The topological polar surface area (TPSA) is 85.2 Å². The summed E-state index contributed by atoms with van der Waals surface area (Å²) in [6, 6.07) is 0. The van der Waals surface area contributed by atoms with E-state index in [0.29, 0.717) is 0 Å². The Kier molecular flexibility index (Phi) is 8.99. The van der Waals surface area contributed by atoms with Gasteiger partial charge in [0, 0.05) is 7.11 Å². The molecule has 0 aromatic rings. The van der Waals surface area contributed by atoms with Gasteiger partial charge in [0.25, 0.3) is 0 Å². The van der Waals surface area contributed by atoms with E-state index in [0.717, 1.165) is 7.11 Å². The SMILES string of the molecule is COP(=O)(OCC(O)CCl)OCC(O)CCl. The summed E-state index contributed by atoms with van der Waals surface area (Å²) in [4.78, 5) is 0. The summed E-state index contributed by atoms with van der Waals surface area (Å²) in [7, 11) is -2.65. The molecular weight excluding hydrogens is 282 g/mol. The van der Waals surface area contributed by atoms with Crippen molar-refractivity contribution < 1.29 is 28.3 Å². The molecule has 0 bridgehead atoms. The van der Waals surface area contributed by atoms with Gasteiger partial charge in [-0.2, -0.15) is 0 Å². The summed E-state index contributed by atoms with van der Waals surface area (Å²) in [5.41, 5.74) is 0. The minimum absolute atomic E-state index is 0.0615. The molecular formula is C7H15Cl2O6P. The van der Waals surface area contributed by atoms with Crippen LogP contribution in [0.25, 0.3) is 0 Å². The van der Waals surface area contributed by atoms with Gasteiger partial charge < -0.3 is 10.2 Å². The number of rotatable bonds is 9. The van der Waals surface area contributed by atoms with Crippen molar-refractivity contribution in [2.45, 2.75) is 12.2 Å². The lowest BCUT2D eigenvalue weighted by molar-refractivity contribution is 0.0539. The zero-order valence-electron chi connectivity index (χ0n) is 8.71. The summed E-state index contributed by atoms with van der Waals surface area (Å²) in [6.45, 7) is -0.572. The van der Waals surface area contributed by atoms with Gasteiger partial charge >= 0.3 is 7.82 Å². The van der Waals surface area contributed by atoms with Crippen molar-refractivity contribution in [3.05, 3.63) is 0 Å². The summed E-state index contributed by atoms with van der Waals surface area (Å²) < 4.78 is 25.7. The predicted octanol–water partition coefficient (Wildman–Crippen LogP) is 0.973. The predicted molar refractivity (Wildman–Crippen MR) is 60.0 cm³/mol. The number of aliphatic hydroxyl groups is 2. The number of phosphoric ester groups is 1. The Hall–Kier alpha value is 0.610. The average molecular weight is 297 g/mol. The smallest absolute Gasteiger partial charge is 0.389 e. The van der Waals surface area contributed by atoms with Crippen LogP contribution < -0.4 is 0 Å². The molecule has 0 radical (unpaired) electrons. The van der Waals surface area contributed by atoms with Gasteiger partial charge in [0.2, 0.25) is 0 Å². The molecule has 98 valence electrons. The van der Waals surface area contributed by atoms with E-state index in [9.17, 15) is 4.57 Å². The Morgan fingerprint density at radius 2 is 1.50 bits per heavy atom. The van der Waals surface area contributed by atoms with Gasteiger partial charge in [-0.25, -0.2) is 4.57 Å². The van der Waals surface area contributed by atoms with Crippen LogP contribution in [0.4, 0.5) is 0 Å². The number of aliphatic hydroxyl groups excluding tert-OH is 2. The quantitative estimate of drug-likeness (QED) is 0.487. The number of hydrogen-bond acceptors (Lipinski definition) is 6. The number of halogens is 2. The molecule has 16 heavy (non-hydrogen) atoms. The number of phosphoric acid groups is 1. The van der Waals surface area contributed by atoms with Crippen LogP contribution in [-0.2, 0) is 18.1 Å². The van der Waals surface area contributed by atoms with Crippen molar-refractivity contribution >= 4 is 31.0 Å². The molecule has 6 nitrogen and oxygen atoms in total. The van der Waals surface area contributed by atoms with E-state index in [4.69, 9.17) is 42.5 Å². The average Bonchev–Trinajstić information content (AvgIpc) is 2.32. The first-order valence-corrected chi connectivity index (χ1v) is 6.93. The molecule has 0 aliphatic heterocycles. The molecule has 0 saturated heterocycles. The van der Waals surface area contributed by atoms with E-state index in [1.807, 2.05) is 0 Å². The Morgan fingerprint density at radius 3 is 1.75 bits per heavy atom. The first kappa shape index (κ1) is 16.6. The van der Waals surface area contributed by atoms with Crippen LogP contribution in [0.15, 0.2) is 0 Å². The van der Waals surface area contributed by atoms with Crippen LogP contribution in [0.3, 0.4) is 0 Å². The van der Waals surface area contributed by atoms with E-state index in [-0.39, 0.29) is 25.0 Å². The van der Waals surface area contributed by atoms with Gasteiger partial charge in [-0.15, -0.1) is 23.2 Å². The van der Waals surface area contributed by atoms with Crippen LogP contribution in [0.2, 0.25) is 0 Å². The molecule has 0 aromatic carbocycles. The normalized spacial score (nSPS) is 19.1. The van der Waals surface area contributed by atoms with Crippen molar-refractivity contribution in [2.24, 2.45) is 0 Å².